The average molecular weight is 263 g/mol. The van der Waals surface area contributed by atoms with Gasteiger partial charge in [-0.2, -0.15) is 0 Å². The first-order valence-electron chi connectivity index (χ1n) is 6.86. The summed E-state index contributed by atoms with van der Waals surface area (Å²) in [6.45, 7) is 2.70. The number of benzene rings is 1. The molecule has 1 fully saturated rings. The molecule has 0 aliphatic carbocycles. The monoisotopic (exact) mass is 263 g/mol. The van der Waals surface area contributed by atoms with Gasteiger partial charge in [-0.05, 0) is 42.9 Å². The predicted octanol–water partition coefficient (Wildman–Crippen LogP) is 2.54. The first-order chi connectivity index (χ1) is 9.24. The Labute approximate surface area is 113 Å². The van der Waals surface area contributed by atoms with Crippen LogP contribution in [-0.2, 0) is 16.0 Å². The zero-order chi connectivity index (χ0) is 13.5. The van der Waals surface area contributed by atoms with Gasteiger partial charge in [-0.3, -0.25) is 4.79 Å². The van der Waals surface area contributed by atoms with Crippen LogP contribution in [-0.4, -0.2) is 30.8 Å². The standard InChI is InChI=1S/C15H21NO3/c17-15(18)5-4-12-2-1-3-14(10-12)16-11-13-6-8-19-9-7-13/h1-3,10,13,16H,4-9,11H2,(H,17,18). The molecule has 1 aliphatic heterocycles. The van der Waals surface area contributed by atoms with E-state index in [0.29, 0.717) is 12.3 Å². The summed E-state index contributed by atoms with van der Waals surface area (Å²) in [6, 6.07) is 8.03. The number of carboxylic acid groups (broad SMARTS) is 1. The highest BCUT2D eigenvalue weighted by atomic mass is 16.5. The molecule has 2 rings (SSSR count). The second-order valence-corrected chi connectivity index (χ2v) is 5.03. The maximum atomic E-state index is 10.6. The van der Waals surface area contributed by atoms with Gasteiger partial charge in [0.05, 0.1) is 0 Å². The molecule has 0 bridgehead atoms. The van der Waals surface area contributed by atoms with Gasteiger partial charge in [0, 0.05) is 31.9 Å². The third-order valence-electron chi connectivity index (χ3n) is 3.49. The zero-order valence-electron chi connectivity index (χ0n) is 11.1. The number of ether oxygens (including phenoxy) is 1. The number of aryl methyl sites for hydroxylation is 1. The summed E-state index contributed by atoms with van der Waals surface area (Å²) in [6.07, 6.45) is 3.00. The van der Waals surface area contributed by atoms with E-state index in [0.717, 1.165) is 43.9 Å². The van der Waals surface area contributed by atoms with Crippen LogP contribution in [0.25, 0.3) is 0 Å². The molecule has 104 valence electrons. The normalized spacial score (nSPS) is 16.2. The maximum Gasteiger partial charge on any atom is 0.303 e. The van der Waals surface area contributed by atoms with Crippen molar-refractivity contribution in [2.45, 2.75) is 25.7 Å². The molecule has 0 unspecified atom stereocenters. The SMILES string of the molecule is O=C(O)CCc1cccc(NCC2CCOCC2)c1. The first-order valence-corrected chi connectivity index (χ1v) is 6.86. The molecular formula is C15H21NO3. The molecule has 0 saturated carbocycles. The fourth-order valence-electron chi connectivity index (χ4n) is 2.30. The van der Waals surface area contributed by atoms with Gasteiger partial charge in [-0.1, -0.05) is 12.1 Å². The second-order valence-electron chi connectivity index (χ2n) is 5.03. The van der Waals surface area contributed by atoms with Crippen molar-refractivity contribution in [1.82, 2.24) is 0 Å². The summed E-state index contributed by atoms with van der Waals surface area (Å²) in [4.78, 5) is 10.6. The van der Waals surface area contributed by atoms with Crippen LogP contribution in [0.2, 0.25) is 0 Å². The Morgan fingerprint density at radius 3 is 2.89 bits per heavy atom. The topological polar surface area (TPSA) is 58.6 Å². The van der Waals surface area contributed by atoms with Crippen molar-refractivity contribution in [1.29, 1.82) is 0 Å². The van der Waals surface area contributed by atoms with Gasteiger partial charge in [0.15, 0.2) is 0 Å². The van der Waals surface area contributed by atoms with Crippen LogP contribution in [0, 0.1) is 5.92 Å². The van der Waals surface area contributed by atoms with Gasteiger partial charge in [0.2, 0.25) is 0 Å². The Balaban J connectivity index is 1.82. The smallest absolute Gasteiger partial charge is 0.303 e. The number of nitrogens with one attached hydrogen (secondary N) is 1. The molecule has 4 nitrogen and oxygen atoms in total. The van der Waals surface area contributed by atoms with Crippen molar-refractivity contribution in [3.63, 3.8) is 0 Å². The molecule has 1 heterocycles. The lowest BCUT2D eigenvalue weighted by Gasteiger charge is -2.22. The van der Waals surface area contributed by atoms with E-state index in [1.807, 2.05) is 24.3 Å². The summed E-state index contributed by atoms with van der Waals surface area (Å²) < 4.78 is 5.34. The second kappa shape index (κ2) is 7.14. The number of carboxylic acids is 1. The fourth-order valence-corrected chi connectivity index (χ4v) is 2.30. The Bertz CT molecular complexity index is 414. The Morgan fingerprint density at radius 2 is 2.16 bits per heavy atom. The average Bonchev–Trinajstić information content (AvgIpc) is 2.44. The lowest BCUT2D eigenvalue weighted by molar-refractivity contribution is -0.136. The molecule has 4 heteroatoms. The van der Waals surface area contributed by atoms with Crippen LogP contribution in [0.5, 0.6) is 0 Å². The Morgan fingerprint density at radius 1 is 1.37 bits per heavy atom. The van der Waals surface area contributed by atoms with Gasteiger partial charge in [0.25, 0.3) is 0 Å². The summed E-state index contributed by atoms with van der Waals surface area (Å²) in [7, 11) is 0. The highest BCUT2D eigenvalue weighted by Crippen LogP contribution is 2.17. The largest absolute Gasteiger partial charge is 0.481 e. The van der Waals surface area contributed by atoms with E-state index in [4.69, 9.17) is 9.84 Å². The molecule has 1 aliphatic rings. The van der Waals surface area contributed by atoms with E-state index >= 15 is 0 Å². The van der Waals surface area contributed by atoms with E-state index in [2.05, 4.69) is 5.32 Å². The Hall–Kier alpha value is -1.55. The number of rotatable bonds is 6. The number of hydrogen-bond donors (Lipinski definition) is 2. The van der Waals surface area contributed by atoms with Crippen molar-refractivity contribution in [2.75, 3.05) is 25.1 Å². The van der Waals surface area contributed by atoms with Crippen molar-refractivity contribution in [3.05, 3.63) is 29.8 Å². The van der Waals surface area contributed by atoms with Crippen molar-refractivity contribution >= 4 is 11.7 Å². The molecule has 1 aromatic rings. The van der Waals surface area contributed by atoms with Crippen molar-refractivity contribution in [3.8, 4) is 0 Å². The number of carbonyl (C=O) groups is 1. The van der Waals surface area contributed by atoms with Gasteiger partial charge < -0.3 is 15.2 Å². The number of aliphatic carboxylic acids is 1. The maximum absolute atomic E-state index is 10.6. The molecule has 0 aromatic heterocycles. The summed E-state index contributed by atoms with van der Waals surface area (Å²) in [5.41, 5.74) is 2.15. The van der Waals surface area contributed by atoms with Crippen LogP contribution in [0.1, 0.15) is 24.8 Å². The van der Waals surface area contributed by atoms with Crippen LogP contribution in [0.15, 0.2) is 24.3 Å². The molecule has 0 radical (unpaired) electrons. The minimum Gasteiger partial charge on any atom is -0.481 e. The van der Waals surface area contributed by atoms with E-state index in [-0.39, 0.29) is 6.42 Å². The minimum atomic E-state index is -0.749. The van der Waals surface area contributed by atoms with Crippen molar-refractivity contribution < 1.29 is 14.6 Å². The highest BCUT2D eigenvalue weighted by molar-refractivity contribution is 5.67. The zero-order valence-corrected chi connectivity index (χ0v) is 11.1. The van der Waals surface area contributed by atoms with E-state index < -0.39 is 5.97 Å². The van der Waals surface area contributed by atoms with Crippen LogP contribution in [0.4, 0.5) is 5.69 Å². The van der Waals surface area contributed by atoms with E-state index in [1.165, 1.54) is 0 Å². The molecule has 2 N–H and O–H groups in total. The number of hydrogen-bond acceptors (Lipinski definition) is 3. The van der Waals surface area contributed by atoms with Gasteiger partial charge in [-0.15, -0.1) is 0 Å². The lowest BCUT2D eigenvalue weighted by Crippen LogP contribution is -2.22. The summed E-state index contributed by atoms with van der Waals surface area (Å²) in [5, 5.41) is 12.1. The number of anilines is 1. The summed E-state index contributed by atoms with van der Waals surface area (Å²) in [5.74, 6) is -0.0722. The van der Waals surface area contributed by atoms with E-state index in [9.17, 15) is 4.79 Å². The third kappa shape index (κ3) is 4.91. The van der Waals surface area contributed by atoms with Crippen LogP contribution >= 0.6 is 0 Å². The minimum absolute atomic E-state index is 0.184. The molecule has 0 spiro atoms. The quantitative estimate of drug-likeness (QED) is 0.828. The van der Waals surface area contributed by atoms with Gasteiger partial charge in [0.1, 0.15) is 0 Å². The van der Waals surface area contributed by atoms with Gasteiger partial charge in [-0.25, -0.2) is 0 Å². The summed E-state index contributed by atoms with van der Waals surface area (Å²) >= 11 is 0. The van der Waals surface area contributed by atoms with Gasteiger partial charge >= 0.3 is 5.97 Å². The fraction of sp³-hybridized carbons (Fsp3) is 0.533. The first kappa shape index (κ1) is 13.9. The molecule has 1 aromatic carbocycles. The molecule has 1 saturated heterocycles. The highest BCUT2D eigenvalue weighted by Gasteiger charge is 2.13. The molecule has 0 atom stereocenters. The molecular weight excluding hydrogens is 242 g/mol. The molecule has 0 amide bonds. The van der Waals surface area contributed by atoms with E-state index in [1.54, 1.807) is 0 Å². The Kier molecular flexibility index (Phi) is 5.21. The predicted molar refractivity (Wildman–Crippen MR) is 74.4 cm³/mol. The van der Waals surface area contributed by atoms with Crippen molar-refractivity contribution in [2.24, 2.45) is 5.92 Å². The lowest BCUT2D eigenvalue weighted by atomic mass is 10.0. The third-order valence-corrected chi connectivity index (χ3v) is 3.49. The van der Waals surface area contributed by atoms with Crippen LogP contribution in [0.3, 0.4) is 0 Å². The molecule has 19 heavy (non-hydrogen) atoms. The van der Waals surface area contributed by atoms with Crippen LogP contribution < -0.4 is 5.32 Å².